The number of benzene rings is 1. The van der Waals surface area contributed by atoms with Gasteiger partial charge in [0.2, 0.25) is 0 Å². The Bertz CT molecular complexity index is 1010. The molecule has 1 N–H and O–H groups in total. The number of nitrogens with zero attached hydrogens (tertiary/aromatic N) is 2. The first-order valence-electron chi connectivity index (χ1n) is 10.1. The predicted molar refractivity (Wildman–Crippen MR) is 110 cm³/mol. The fourth-order valence-corrected chi connectivity index (χ4v) is 4.11. The molecule has 2 heterocycles. The van der Waals surface area contributed by atoms with Crippen LogP contribution in [0.3, 0.4) is 0 Å². The zero-order valence-electron chi connectivity index (χ0n) is 16.8. The highest BCUT2D eigenvalue weighted by atomic mass is 16.2. The van der Waals surface area contributed by atoms with Gasteiger partial charge in [-0.15, -0.1) is 0 Å². The smallest absolute Gasteiger partial charge is 0.317 e. The number of barbiturate groups is 1. The van der Waals surface area contributed by atoms with Crippen LogP contribution in [0.2, 0.25) is 0 Å². The minimum Gasteiger partial charge on any atom is -0.317 e. The monoisotopic (exact) mass is 391 g/mol. The van der Waals surface area contributed by atoms with Crippen LogP contribution in [0.25, 0.3) is 11.8 Å². The summed E-state index contributed by atoms with van der Waals surface area (Å²) < 4.78 is 1.93. The number of nitrogens with one attached hydrogen (secondary N) is 1. The van der Waals surface area contributed by atoms with Gasteiger partial charge in [0.25, 0.3) is 11.8 Å². The molecule has 150 valence electrons. The molecule has 2 fully saturated rings. The number of aromatic nitrogens is 1. The molecule has 29 heavy (non-hydrogen) atoms. The van der Waals surface area contributed by atoms with Crippen molar-refractivity contribution in [1.29, 1.82) is 0 Å². The van der Waals surface area contributed by atoms with Gasteiger partial charge in [0.1, 0.15) is 5.57 Å². The van der Waals surface area contributed by atoms with E-state index in [0.717, 1.165) is 43.4 Å². The van der Waals surface area contributed by atoms with Crippen molar-refractivity contribution >= 4 is 23.9 Å². The summed E-state index contributed by atoms with van der Waals surface area (Å²) in [6.45, 7) is 4.10. The van der Waals surface area contributed by atoms with Crippen LogP contribution in [0, 0.1) is 13.8 Å². The Morgan fingerprint density at radius 3 is 2.48 bits per heavy atom. The molecular weight excluding hydrogens is 366 g/mol. The molecule has 1 aliphatic carbocycles. The van der Waals surface area contributed by atoms with Gasteiger partial charge >= 0.3 is 6.03 Å². The van der Waals surface area contributed by atoms with Crippen LogP contribution < -0.4 is 5.32 Å². The standard InChI is InChI=1S/C23H25N3O3/c1-15-10-11-19(13-16(15)2)25-12-6-9-18(25)14-20-21(27)24-23(29)26(22(20)28)17-7-4-3-5-8-17/h6,9-14,17H,3-5,7-8H2,1-2H3,(H,24,27,29)/b20-14-. The Labute approximate surface area is 170 Å². The van der Waals surface area contributed by atoms with Crippen LogP contribution in [-0.2, 0) is 9.59 Å². The van der Waals surface area contributed by atoms with E-state index in [4.69, 9.17) is 0 Å². The fraction of sp³-hybridized carbons (Fsp3) is 0.348. The Morgan fingerprint density at radius 1 is 1.00 bits per heavy atom. The quantitative estimate of drug-likeness (QED) is 0.637. The normalized spacial score (nSPS) is 19.7. The van der Waals surface area contributed by atoms with Gasteiger partial charge in [-0.3, -0.25) is 19.8 Å². The first-order valence-corrected chi connectivity index (χ1v) is 10.1. The molecule has 2 aliphatic rings. The lowest BCUT2D eigenvalue weighted by molar-refractivity contribution is -0.132. The molecular formula is C23H25N3O3. The van der Waals surface area contributed by atoms with E-state index in [9.17, 15) is 14.4 Å². The Kier molecular flexibility index (Phi) is 5.09. The Morgan fingerprint density at radius 2 is 1.76 bits per heavy atom. The molecule has 1 saturated heterocycles. The lowest BCUT2D eigenvalue weighted by Crippen LogP contribution is -2.58. The highest BCUT2D eigenvalue weighted by Crippen LogP contribution is 2.27. The number of urea groups is 1. The number of hydrogen-bond donors (Lipinski definition) is 1. The molecule has 0 spiro atoms. The first kappa shape index (κ1) is 19.2. The molecule has 1 aliphatic heterocycles. The summed E-state index contributed by atoms with van der Waals surface area (Å²) in [5.74, 6) is -1.14. The van der Waals surface area contributed by atoms with Gasteiger partial charge in [-0.1, -0.05) is 25.3 Å². The molecule has 0 radical (unpaired) electrons. The average molecular weight is 391 g/mol. The van der Waals surface area contributed by atoms with Crippen molar-refractivity contribution in [3.8, 4) is 5.69 Å². The second kappa shape index (κ2) is 7.70. The zero-order chi connectivity index (χ0) is 20.5. The van der Waals surface area contributed by atoms with E-state index >= 15 is 0 Å². The van der Waals surface area contributed by atoms with Crippen molar-refractivity contribution in [3.05, 3.63) is 58.9 Å². The second-order valence-corrected chi connectivity index (χ2v) is 7.86. The number of carbonyl (C=O) groups excluding carboxylic acids is 3. The van der Waals surface area contributed by atoms with Gasteiger partial charge in [0.15, 0.2) is 0 Å². The fourth-order valence-electron chi connectivity index (χ4n) is 4.11. The summed E-state index contributed by atoms with van der Waals surface area (Å²) in [6.07, 6.45) is 8.15. The number of aryl methyl sites for hydroxylation is 2. The maximum atomic E-state index is 13.1. The summed E-state index contributed by atoms with van der Waals surface area (Å²) in [7, 11) is 0. The highest BCUT2D eigenvalue weighted by molar-refractivity contribution is 6.31. The highest BCUT2D eigenvalue weighted by Gasteiger charge is 2.40. The van der Waals surface area contributed by atoms with Gasteiger partial charge in [-0.2, -0.15) is 0 Å². The minimum absolute atomic E-state index is 0.000966. The van der Waals surface area contributed by atoms with Crippen LogP contribution in [0.4, 0.5) is 4.79 Å². The van der Waals surface area contributed by atoms with E-state index in [0.29, 0.717) is 5.69 Å². The lowest BCUT2D eigenvalue weighted by atomic mass is 9.93. The number of amides is 4. The van der Waals surface area contributed by atoms with Gasteiger partial charge in [-0.05, 0) is 68.2 Å². The minimum atomic E-state index is -0.639. The van der Waals surface area contributed by atoms with Gasteiger partial charge in [-0.25, -0.2) is 4.79 Å². The van der Waals surface area contributed by atoms with E-state index in [1.807, 2.05) is 42.0 Å². The average Bonchev–Trinajstić information content (AvgIpc) is 3.16. The molecule has 6 nitrogen and oxygen atoms in total. The van der Waals surface area contributed by atoms with Crippen molar-refractivity contribution in [1.82, 2.24) is 14.8 Å². The van der Waals surface area contributed by atoms with E-state index in [-0.39, 0.29) is 11.6 Å². The Hall–Kier alpha value is -3.15. The molecule has 1 saturated carbocycles. The van der Waals surface area contributed by atoms with Gasteiger partial charge < -0.3 is 4.57 Å². The van der Waals surface area contributed by atoms with Crippen LogP contribution in [0.5, 0.6) is 0 Å². The van der Waals surface area contributed by atoms with Crippen molar-refractivity contribution in [2.75, 3.05) is 0 Å². The lowest BCUT2D eigenvalue weighted by Gasteiger charge is -2.35. The molecule has 6 heteroatoms. The molecule has 2 aromatic rings. The molecule has 4 rings (SSSR count). The molecule has 0 unspecified atom stereocenters. The maximum Gasteiger partial charge on any atom is 0.331 e. The van der Waals surface area contributed by atoms with E-state index < -0.39 is 17.8 Å². The zero-order valence-corrected chi connectivity index (χ0v) is 16.8. The van der Waals surface area contributed by atoms with Crippen LogP contribution >= 0.6 is 0 Å². The SMILES string of the molecule is Cc1ccc(-n2cccc2/C=C2/C(=O)NC(=O)N(C3CCCCC3)C2=O)cc1C. The van der Waals surface area contributed by atoms with Crippen LogP contribution in [0.1, 0.15) is 48.9 Å². The van der Waals surface area contributed by atoms with E-state index in [1.54, 1.807) is 6.08 Å². The Balaban J connectivity index is 1.69. The predicted octanol–water partition coefficient (Wildman–Crippen LogP) is 3.89. The van der Waals surface area contributed by atoms with Crippen molar-refractivity contribution in [2.24, 2.45) is 0 Å². The van der Waals surface area contributed by atoms with E-state index in [1.165, 1.54) is 10.5 Å². The van der Waals surface area contributed by atoms with Crippen LogP contribution in [0.15, 0.2) is 42.1 Å². The second-order valence-electron chi connectivity index (χ2n) is 7.86. The van der Waals surface area contributed by atoms with Gasteiger partial charge in [0, 0.05) is 23.6 Å². The number of imide groups is 2. The summed E-state index contributed by atoms with van der Waals surface area (Å²) in [5, 5.41) is 2.35. The topological polar surface area (TPSA) is 71.4 Å². The summed E-state index contributed by atoms with van der Waals surface area (Å²) in [5.41, 5.74) is 4.03. The van der Waals surface area contributed by atoms with Crippen molar-refractivity contribution < 1.29 is 14.4 Å². The first-order chi connectivity index (χ1) is 14.0. The molecule has 0 atom stereocenters. The summed E-state index contributed by atoms with van der Waals surface area (Å²) in [6, 6.07) is 9.10. The summed E-state index contributed by atoms with van der Waals surface area (Å²) >= 11 is 0. The molecule has 1 aromatic carbocycles. The largest absolute Gasteiger partial charge is 0.331 e. The van der Waals surface area contributed by atoms with Gasteiger partial charge in [0.05, 0.1) is 0 Å². The third-order valence-corrected chi connectivity index (χ3v) is 5.91. The van der Waals surface area contributed by atoms with Crippen molar-refractivity contribution in [2.45, 2.75) is 52.0 Å². The third-order valence-electron chi connectivity index (χ3n) is 5.91. The molecule has 4 amide bonds. The third kappa shape index (κ3) is 3.62. The number of rotatable bonds is 3. The number of carbonyl (C=O) groups is 3. The summed E-state index contributed by atoms with van der Waals surface area (Å²) in [4.78, 5) is 39.2. The molecule has 1 aromatic heterocycles. The molecule has 0 bridgehead atoms. The van der Waals surface area contributed by atoms with E-state index in [2.05, 4.69) is 18.3 Å². The number of hydrogen-bond acceptors (Lipinski definition) is 3. The van der Waals surface area contributed by atoms with Crippen molar-refractivity contribution in [3.63, 3.8) is 0 Å². The maximum absolute atomic E-state index is 13.1. The van der Waals surface area contributed by atoms with Crippen LogP contribution in [-0.4, -0.2) is 33.4 Å².